The molecule has 0 saturated carbocycles. The summed E-state index contributed by atoms with van der Waals surface area (Å²) in [4.78, 5) is 26.6. The van der Waals surface area contributed by atoms with Crippen LogP contribution in [-0.4, -0.2) is 39.0 Å². The number of anilines is 1. The van der Waals surface area contributed by atoms with Gasteiger partial charge in [-0.05, 0) is 57.7 Å². The van der Waals surface area contributed by atoms with Gasteiger partial charge in [-0.15, -0.1) is 28.1 Å². The number of allylic oxidation sites excluding steroid dienone is 1. The SMILES string of the molecule is C=CCn1c(SCC(=O)Nc2sc3c(c2C(=O)OCC)CCC3)nnc1C(C)Oc1ccc(C)cc1. The number of thioether (sulfide) groups is 1. The summed E-state index contributed by atoms with van der Waals surface area (Å²) in [6, 6.07) is 7.83. The zero-order valence-corrected chi connectivity index (χ0v) is 22.3. The average molecular weight is 527 g/mol. The number of carbonyl (C=O) groups is 2. The lowest BCUT2D eigenvalue weighted by Crippen LogP contribution is -2.17. The Morgan fingerprint density at radius 3 is 2.78 bits per heavy atom. The fraction of sp³-hybridized carbons (Fsp3) is 0.385. The summed E-state index contributed by atoms with van der Waals surface area (Å²) >= 11 is 2.75. The number of nitrogens with zero attached hydrogens (tertiary/aromatic N) is 3. The number of hydrogen-bond donors (Lipinski definition) is 1. The molecule has 1 aromatic carbocycles. The van der Waals surface area contributed by atoms with Gasteiger partial charge in [-0.25, -0.2) is 4.79 Å². The van der Waals surface area contributed by atoms with Gasteiger partial charge in [-0.3, -0.25) is 9.36 Å². The van der Waals surface area contributed by atoms with E-state index in [-0.39, 0.29) is 23.7 Å². The van der Waals surface area contributed by atoms with Crippen molar-refractivity contribution in [3.05, 3.63) is 64.3 Å². The fourth-order valence-corrected chi connectivity index (χ4v) is 6.13. The zero-order chi connectivity index (χ0) is 25.7. The van der Waals surface area contributed by atoms with Gasteiger partial charge in [0, 0.05) is 11.4 Å². The molecule has 10 heteroatoms. The highest BCUT2D eigenvalue weighted by molar-refractivity contribution is 7.99. The standard InChI is InChI=1S/C26H30N4O4S2/c1-5-14-30-23(17(4)34-18-12-10-16(3)11-13-18)28-29-26(30)35-15-21(31)27-24-22(25(32)33-6-2)19-8-7-9-20(19)36-24/h5,10-13,17H,1,6-9,14-15H2,2-4H3,(H,27,31). The minimum atomic E-state index is -0.377. The number of nitrogens with one attached hydrogen (secondary N) is 1. The molecule has 1 aliphatic rings. The number of ether oxygens (including phenoxy) is 2. The molecule has 1 aliphatic carbocycles. The minimum Gasteiger partial charge on any atom is -0.483 e. The van der Waals surface area contributed by atoms with Gasteiger partial charge in [0.25, 0.3) is 0 Å². The van der Waals surface area contributed by atoms with E-state index in [0.29, 0.717) is 34.7 Å². The molecule has 2 heterocycles. The third-order valence-corrected chi connectivity index (χ3v) is 7.91. The number of aryl methyl sites for hydroxylation is 2. The van der Waals surface area contributed by atoms with Crippen LogP contribution < -0.4 is 10.1 Å². The van der Waals surface area contributed by atoms with E-state index >= 15 is 0 Å². The van der Waals surface area contributed by atoms with E-state index in [1.165, 1.54) is 23.1 Å². The molecule has 0 fully saturated rings. The number of thiophene rings is 1. The van der Waals surface area contributed by atoms with Crippen LogP contribution in [-0.2, 0) is 28.9 Å². The van der Waals surface area contributed by atoms with Gasteiger partial charge in [0.1, 0.15) is 10.8 Å². The lowest BCUT2D eigenvalue weighted by molar-refractivity contribution is -0.113. The molecular formula is C26H30N4O4S2. The van der Waals surface area contributed by atoms with Crippen LogP contribution in [0.1, 0.15) is 58.6 Å². The topological polar surface area (TPSA) is 95.3 Å². The highest BCUT2D eigenvalue weighted by Crippen LogP contribution is 2.39. The average Bonchev–Trinajstić information content (AvgIpc) is 3.54. The molecule has 0 aliphatic heterocycles. The molecule has 36 heavy (non-hydrogen) atoms. The van der Waals surface area contributed by atoms with Gasteiger partial charge in [0.05, 0.1) is 17.9 Å². The Kier molecular flexibility index (Phi) is 8.48. The first kappa shape index (κ1) is 26.0. The Morgan fingerprint density at radius 1 is 1.28 bits per heavy atom. The van der Waals surface area contributed by atoms with Crippen molar-refractivity contribution in [2.45, 2.75) is 57.8 Å². The van der Waals surface area contributed by atoms with Gasteiger partial charge in [-0.2, -0.15) is 0 Å². The van der Waals surface area contributed by atoms with Crippen molar-refractivity contribution in [2.75, 3.05) is 17.7 Å². The molecule has 1 N–H and O–H groups in total. The van der Waals surface area contributed by atoms with Crippen LogP contribution in [0.15, 0.2) is 42.1 Å². The lowest BCUT2D eigenvalue weighted by atomic mass is 10.1. The summed E-state index contributed by atoms with van der Waals surface area (Å²) in [7, 11) is 0. The van der Waals surface area contributed by atoms with Crippen molar-refractivity contribution < 1.29 is 19.1 Å². The molecule has 0 radical (unpaired) electrons. The smallest absolute Gasteiger partial charge is 0.341 e. The lowest BCUT2D eigenvalue weighted by Gasteiger charge is -2.16. The van der Waals surface area contributed by atoms with E-state index in [0.717, 1.165) is 41.0 Å². The normalized spacial score (nSPS) is 13.2. The summed E-state index contributed by atoms with van der Waals surface area (Å²) in [5.41, 5.74) is 2.68. The second-order valence-electron chi connectivity index (χ2n) is 8.43. The van der Waals surface area contributed by atoms with Crippen LogP contribution in [0.25, 0.3) is 0 Å². The first-order valence-corrected chi connectivity index (χ1v) is 13.7. The number of fused-ring (bicyclic) bond motifs is 1. The molecule has 0 bridgehead atoms. The first-order valence-electron chi connectivity index (χ1n) is 11.9. The molecule has 3 aromatic rings. The van der Waals surface area contributed by atoms with E-state index in [9.17, 15) is 9.59 Å². The number of aromatic nitrogens is 3. The Bertz CT molecular complexity index is 1250. The number of carbonyl (C=O) groups excluding carboxylic acids is 2. The number of benzene rings is 1. The van der Waals surface area contributed by atoms with Crippen LogP contribution in [0.5, 0.6) is 5.75 Å². The Labute approximate surface area is 219 Å². The monoisotopic (exact) mass is 526 g/mol. The van der Waals surface area contributed by atoms with Gasteiger partial charge < -0.3 is 14.8 Å². The van der Waals surface area contributed by atoms with Crippen molar-refractivity contribution in [1.29, 1.82) is 0 Å². The number of esters is 1. The molecule has 8 nitrogen and oxygen atoms in total. The van der Waals surface area contributed by atoms with Gasteiger partial charge in [0.15, 0.2) is 17.1 Å². The van der Waals surface area contributed by atoms with Crippen LogP contribution in [0, 0.1) is 6.92 Å². The molecule has 1 amide bonds. The van der Waals surface area contributed by atoms with Crippen molar-refractivity contribution in [2.24, 2.45) is 0 Å². The van der Waals surface area contributed by atoms with Crippen LogP contribution >= 0.6 is 23.1 Å². The molecule has 0 saturated heterocycles. The second-order valence-corrected chi connectivity index (χ2v) is 10.5. The Morgan fingerprint density at radius 2 is 2.06 bits per heavy atom. The van der Waals surface area contributed by atoms with E-state index in [1.807, 2.05) is 42.7 Å². The second kappa shape index (κ2) is 11.7. The van der Waals surface area contributed by atoms with E-state index in [1.54, 1.807) is 13.0 Å². The molecule has 1 unspecified atom stereocenters. The highest BCUT2D eigenvalue weighted by Gasteiger charge is 2.28. The van der Waals surface area contributed by atoms with Crippen LogP contribution in [0.3, 0.4) is 0 Å². The van der Waals surface area contributed by atoms with Crippen molar-refractivity contribution in [1.82, 2.24) is 14.8 Å². The summed E-state index contributed by atoms with van der Waals surface area (Å²) < 4.78 is 13.2. The fourth-order valence-electron chi connectivity index (χ4n) is 4.09. The van der Waals surface area contributed by atoms with Gasteiger partial charge in [0.2, 0.25) is 5.91 Å². The molecule has 190 valence electrons. The summed E-state index contributed by atoms with van der Waals surface area (Å²) in [6.07, 6.45) is 4.19. The molecule has 0 spiro atoms. The zero-order valence-electron chi connectivity index (χ0n) is 20.7. The van der Waals surface area contributed by atoms with Gasteiger partial charge in [-0.1, -0.05) is 35.5 Å². The highest BCUT2D eigenvalue weighted by atomic mass is 32.2. The summed E-state index contributed by atoms with van der Waals surface area (Å²) in [5.74, 6) is 0.919. The Hall–Kier alpha value is -3.11. The summed E-state index contributed by atoms with van der Waals surface area (Å²) in [5, 5.41) is 12.7. The van der Waals surface area contributed by atoms with Crippen molar-refractivity contribution in [3.63, 3.8) is 0 Å². The first-order chi connectivity index (χ1) is 17.4. The van der Waals surface area contributed by atoms with E-state index in [2.05, 4.69) is 22.1 Å². The summed E-state index contributed by atoms with van der Waals surface area (Å²) in [6.45, 7) is 10.3. The van der Waals surface area contributed by atoms with Crippen molar-refractivity contribution in [3.8, 4) is 5.75 Å². The number of rotatable bonds is 11. The maximum Gasteiger partial charge on any atom is 0.341 e. The maximum absolute atomic E-state index is 12.8. The molecule has 1 atom stereocenters. The van der Waals surface area contributed by atoms with Crippen LogP contribution in [0.4, 0.5) is 5.00 Å². The third kappa shape index (κ3) is 5.82. The quantitative estimate of drug-likeness (QED) is 0.204. The molecular weight excluding hydrogens is 496 g/mol. The van der Waals surface area contributed by atoms with Crippen molar-refractivity contribution >= 4 is 40.0 Å². The number of amides is 1. The third-order valence-electron chi connectivity index (χ3n) is 5.74. The van der Waals surface area contributed by atoms with E-state index < -0.39 is 0 Å². The largest absolute Gasteiger partial charge is 0.483 e. The van der Waals surface area contributed by atoms with Crippen LogP contribution in [0.2, 0.25) is 0 Å². The number of hydrogen-bond acceptors (Lipinski definition) is 8. The van der Waals surface area contributed by atoms with E-state index in [4.69, 9.17) is 9.47 Å². The minimum absolute atomic E-state index is 0.118. The molecule has 4 rings (SSSR count). The van der Waals surface area contributed by atoms with Gasteiger partial charge >= 0.3 is 5.97 Å². The molecule has 2 aromatic heterocycles. The Balaban J connectivity index is 1.44. The predicted molar refractivity (Wildman–Crippen MR) is 142 cm³/mol. The predicted octanol–water partition coefficient (Wildman–Crippen LogP) is 5.37. The maximum atomic E-state index is 12.8.